The van der Waals surface area contributed by atoms with Crippen molar-refractivity contribution in [2.75, 3.05) is 0 Å². The predicted molar refractivity (Wildman–Crippen MR) is 107 cm³/mol. The van der Waals surface area contributed by atoms with Gasteiger partial charge in [0.2, 0.25) is 0 Å². The number of allylic oxidation sites excluding steroid dienone is 2. The summed E-state index contributed by atoms with van der Waals surface area (Å²) in [5.41, 5.74) is 2.02. The van der Waals surface area contributed by atoms with E-state index in [2.05, 4.69) is 6.08 Å². The maximum Gasteiger partial charge on any atom is 0.123 e. The van der Waals surface area contributed by atoms with Crippen molar-refractivity contribution in [3.05, 3.63) is 77.4 Å². The Hall–Kier alpha value is -2.52. The van der Waals surface area contributed by atoms with Crippen LogP contribution in [0.1, 0.15) is 44.7 Å². The van der Waals surface area contributed by atoms with Gasteiger partial charge in [-0.1, -0.05) is 54.1 Å². The lowest BCUT2D eigenvalue weighted by Gasteiger charge is -2.18. The number of rotatable bonds is 8. The molecule has 3 heteroatoms. The van der Waals surface area contributed by atoms with Gasteiger partial charge in [0.1, 0.15) is 18.1 Å². The zero-order valence-corrected chi connectivity index (χ0v) is 15.8. The van der Waals surface area contributed by atoms with Crippen LogP contribution in [0.5, 0.6) is 11.5 Å². The van der Waals surface area contributed by atoms with Gasteiger partial charge >= 0.3 is 0 Å². The first-order valence-electron chi connectivity index (χ1n) is 8.90. The van der Waals surface area contributed by atoms with Crippen LogP contribution in [0.15, 0.2) is 66.3 Å². The highest BCUT2D eigenvalue weighted by Gasteiger charge is 2.15. The summed E-state index contributed by atoms with van der Waals surface area (Å²) in [7, 11) is 0. The molecule has 2 aromatic carbocycles. The Balaban J connectivity index is 2.03. The van der Waals surface area contributed by atoms with Crippen LogP contribution < -0.4 is 4.74 Å². The molecule has 2 N–H and O–H groups in total. The van der Waals surface area contributed by atoms with Crippen molar-refractivity contribution < 1.29 is 14.9 Å². The monoisotopic (exact) mass is 352 g/mol. The normalized spacial score (nSPS) is 13.4. The molecule has 0 aliphatic carbocycles. The molecule has 0 fully saturated rings. The highest BCUT2D eigenvalue weighted by molar-refractivity contribution is 5.59. The number of hydrogen-bond acceptors (Lipinski definition) is 3. The molecule has 26 heavy (non-hydrogen) atoms. The zero-order chi connectivity index (χ0) is 19.0. The van der Waals surface area contributed by atoms with E-state index in [1.807, 2.05) is 44.2 Å². The van der Waals surface area contributed by atoms with E-state index >= 15 is 0 Å². The number of ether oxygens (including phenoxy) is 1. The van der Waals surface area contributed by atoms with Crippen LogP contribution in [0.4, 0.5) is 0 Å². The van der Waals surface area contributed by atoms with Gasteiger partial charge in [-0.2, -0.15) is 0 Å². The van der Waals surface area contributed by atoms with Crippen molar-refractivity contribution in [3.63, 3.8) is 0 Å². The van der Waals surface area contributed by atoms with Crippen LogP contribution in [0.3, 0.4) is 0 Å². The summed E-state index contributed by atoms with van der Waals surface area (Å²) < 4.78 is 5.80. The van der Waals surface area contributed by atoms with Crippen molar-refractivity contribution in [3.8, 4) is 11.5 Å². The minimum atomic E-state index is -0.931. The Morgan fingerprint density at radius 1 is 1.12 bits per heavy atom. The quantitative estimate of drug-likeness (QED) is 0.618. The molecule has 0 saturated carbocycles. The van der Waals surface area contributed by atoms with Crippen LogP contribution in [0, 0.1) is 0 Å². The summed E-state index contributed by atoms with van der Waals surface area (Å²) in [5.74, 6) is 0.837. The summed E-state index contributed by atoms with van der Waals surface area (Å²) >= 11 is 0. The average Bonchev–Trinajstić information content (AvgIpc) is 2.60. The molecule has 1 atom stereocenters. The summed E-state index contributed by atoms with van der Waals surface area (Å²) in [6.45, 7) is 6.33. The standard InChI is InChI=1S/C23H28O3/c1-18(2)8-7-14-23(3,25)15-13-20-16-21(11-12-22(20)24)26-17-19-9-5-4-6-10-19/h4-6,8-13,15-16,24-25H,7,14,17H2,1-3H3/b15-13+/t23-/m1/s1. The maximum absolute atomic E-state index is 10.5. The first kappa shape index (κ1) is 19.8. The van der Waals surface area contributed by atoms with E-state index in [0.29, 0.717) is 24.3 Å². The lowest BCUT2D eigenvalue weighted by Crippen LogP contribution is -2.19. The van der Waals surface area contributed by atoms with E-state index in [0.717, 1.165) is 12.0 Å². The molecular weight excluding hydrogens is 324 g/mol. The molecule has 3 nitrogen and oxygen atoms in total. The Morgan fingerprint density at radius 3 is 2.54 bits per heavy atom. The molecule has 2 aromatic rings. The molecule has 0 radical (unpaired) electrons. The zero-order valence-electron chi connectivity index (χ0n) is 15.8. The third kappa shape index (κ3) is 6.77. The molecule has 0 amide bonds. The van der Waals surface area contributed by atoms with Crippen molar-refractivity contribution in [1.29, 1.82) is 0 Å². The highest BCUT2D eigenvalue weighted by Crippen LogP contribution is 2.26. The summed E-state index contributed by atoms with van der Waals surface area (Å²) in [6, 6.07) is 15.1. The van der Waals surface area contributed by atoms with Crippen molar-refractivity contribution in [2.24, 2.45) is 0 Å². The van der Waals surface area contributed by atoms with E-state index < -0.39 is 5.60 Å². The number of hydrogen-bond donors (Lipinski definition) is 2. The smallest absolute Gasteiger partial charge is 0.123 e. The van der Waals surface area contributed by atoms with Crippen LogP contribution in [-0.2, 0) is 6.61 Å². The fourth-order valence-corrected chi connectivity index (χ4v) is 2.50. The third-order valence-electron chi connectivity index (χ3n) is 4.07. The van der Waals surface area contributed by atoms with Gasteiger partial charge in [0.25, 0.3) is 0 Å². The van der Waals surface area contributed by atoms with Gasteiger partial charge in [0, 0.05) is 5.56 Å². The van der Waals surface area contributed by atoms with Crippen LogP contribution in [0.25, 0.3) is 6.08 Å². The van der Waals surface area contributed by atoms with Crippen molar-refractivity contribution in [2.45, 2.75) is 45.8 Å². The largest absolute Gasteiger partial charge is 0.507 e. The van der Waals surface area contributed by atoms with Gasteiger partial charge in [-0.3, -0.25) is 0 Å². The first-order chi connectivity index (χ1) is 12.4. The van der Waals surface area contributed by atoms with Crippen LogP contribution >= 0.6 is 0 Å². The number of aliphatic hydroxyl groups is 1. The Morgan fingerprint density at radius 2 is 1.85 bits per heavy atom. The molecular formula is C23H28O3. The molecule has 138 valence electrons. The van der Waals surface area contributed by atoms with Gasteiger partial charge < -0.3 is 14.9 Å². The SMILES string of the molecule is CC(C)=CCC[C@@](C)(O)/C=C/c1cc(OCc2ccccc2)ccc1O. The summed E-state index contributed by atoms with van der Waals surface area (Å²) in [6.07, 6.45) is 7.01. The average molecular weight is 352 g/mol. The lowest BCUT2D eigenvalue weighted by atomic mass is 9.97. The van der Waals surface area contributed by atoms with E-state index in [4.69, 9.17) is 4.74 Å². The van der Waals surface area contributed by atoms with Crippen LogP contribution in [-0.4, -0.2) is 15.8 Å². The van der Waals surface area contributed by atoms with Gasteiger partial charge in [-0.25, -0.2) is 0 Å². The molecule has 0 aliphatic rings. The minimum Gasteiger partial charge on any atom is -0.507 e. The molecule has 0 bridgehead atoms. The van der Waals surface area contributed by atoms with E-state index in [1.54, 1.807) is 37.3 Å². The Kier molecular flexibility index (Phi) is 7.05. The second-order valence-electron chi connectivity index (χ2n) is 7.01. The second-order valence-corrected chi connectivity index (χ2v) is 7.01. The number of phenolic OH excluding ortho intramolecular Hbond substituents is 1. The molecule has 0 heterocycles. The molecule has 0 aliphatic heterocycles. The topological polar surface area (TPSA) is 49.7 Å². The molecule has 0 saturated heterocycles. The maximum atomic E-state index is 10.5. The number of phenols is 1. The highest BCUT2D eigenvalue weighted by atomic mass is 16.5. The molecule has 0 unspecified atom stereocenters. The summed E-state index contributed by atoms with van der Waals surface area (Å²) in [4.78, 5) is 0. The number of aromatic hydroxyl groups is 1. The second kappa shape index (κ2) is 9.25. The summed E-state index contributed by atoms with van der Waals surface area (Å²) in [5, 5.41) is 20.5. The molecule has 2 rings (SSSR count). The van der Waals surface area contributed by atoms with E-state index in [-0.39, 0.29) is 5.75 Å². The minimum absolute atomic E-state index is 0.161. The predicted octanol–water partition coefficient (Wildman–Crippen LogP) is 5.48. The van der Waals surface area contributed by atoms with Gasteiger partial charge in [-0.05, 0) is 57.4 Å². The number of benzene rings is 2. The van der Waals surface area contributed by atoms with Gasteiger partial charge in [-0.15, -0.1) is 0 Å². The first-order valence-corrected chi connectivity index (χ1v) is 8.90. The van der Waals surface area contributed by atoms with E-state index in [1.165, 1.54) is 5.57 Å². The van der Waals surface area contributed by atoms with Crippen LogP contribution in [0.2, 0.25) is 0 Å². The fourth-order valence-electron chi connectivity index (χ4n) is 2.50. The molecule has 0 spiro atoms. The van der Waals surface area contributed by atoms with Gasteiger partial charge in [0.15, 0.2) is 0 Å². The van der Waals surface area contributed by atoms with Gasteiger partial charge in [0.05, 0.1) is 5.60 Å². The van der Waals surface area contributed by atoms with Crippen molar-refractivity contribution in [1.82, 2.24) is 0 Å². The van der Waals surface area contributed by atoms with E-state index in [9.17, 15) is 10.2 Å². The Bertz CT molecular complexity index is 754. The van der Waals surface area contributed by atoms with Crippen molar-refractivity contribution >= 4 is 6.08 Å². The fraction of sp³-hybridized carbons (Fsp3) is 0.304. The Labute approximate surface area is 156 Å². The lowest BCUT2D eigenvalue weighted by molar-refractivity contribution is 0.104. The third-order valence-corrected chi connectivity index (χ3v) is 4.07. The molecule has 0 aromatic heterocycles.